The molecule has 2 aromatic heterocycles. The SMILES string of the molecule is COc1ccc(-n2ccc(C(=O)N(C)c3cccc(C#N)n3)n2)cc1. The first-order valence-corrected chi connectivity index (χ1v) is 7.47. The molecule has 7 heteroatoms. The molecule has 25 heavy (non-hydrogen) atoms. The van der Waals surface area contributed by atoms with Crippen molar-refractivity contribution in [1.82, 2.24) is 14.8 Å². The van der Waals surface area contributed by atoms with E-state index in [-0.39, 0.29) is 17.3 Å². The summed E-state index contributed by atoms with van der Waals surface area (Å²) in [7, 11) is 3.20. The van der Waals surface area contributed by atoms with E-state index in [0.29, 0.717) is 5.82 Å². The summed E-state index contributed by atoms with van der Waals surface area (Å²) in [4.78, 5) is 18.1. The maximum Gasteiger partial charge on any atom is 0.279 e. The number of nitrogens with zero attached hydrogens (tertiary/aromatic N) is 5. The summed E-state index contributed by atoms with van der Waals surface area (Å²) >= 11 is 0. The zero-order chi connectivity index (χ0) is 17.8. The Balaban J connectivity index is 1.83. The first kappa shape index (κ1) is 16.2. The number of rotatable bonds is 4. The van der Waals surface area contributed by atoms with Crippen LogP contribution in [0.15, 0.2) is 54.7 Å². The Labute approximate surface area is 144 Å². The van der Waals surface area contributed by atoms with Crippen molar-refractivity contribution < 1.29 is 9.53 Å². The van der Waals surface area contributed by atoms with Crippen LogP contribution < -0.4 is 9.64 Å². The molecule has 0 aliphatic rings. The van der Waals surface area contributed by atoms with Gasteiger partial charge in [-0.05, 0) is 42.5 Å². The minimum atomic E-state index is -0.310. The van der Waals surface area contributed by atoms with Crippen LogP contribution in [-0.4, -0.2) is 34.8 Å². The lowest BCUT2D eigenvalue weighted by Crippen LogP contribution is -2.27. The zero-order valence-corrected chi connectivity index (χ0v) is 13.7. The molecule has 0 aliphatic heterocycles. The topological polar surface area (TPSA) is 84.0 Å². The third-order valence-corrected chi connectivity index (χ3v) is 3.64. The van der Waals surface area contributed by atoms with Crippen molar-refractivity contribution in [2.45, 2.75) is 0 Å². The van der Waals surface area contributed by atoms with E-state index < -0.39 is 0 Å². The Hall–Kier alpha value is -3.66. The fraction of sp³-hybridized carbons (Fsp3) is 0.111. The number of carbonyl (C=O) groups is 1. The molecular weight excluding hydrogens is 318 g/mol. The molecule has 3 rings (SSSR count). The zero-order valence-electron chi connectivity index (χ0n) is 13.7. The summed E-state index contributed by atoms with van der Waals surface area (Å²) in [6.45, 7) is 0. The second-order valence-electron chi connectivity index (χ2n) is 5.20. The van der Waals surface area contributed by atoms with Crippen LogP contribution in [0, 0.1) is 11.3 Å². The number of benzene rings is 1. The Morgan fingerprint density at radius 2 is 1.96 bits per heavy atom. The summed E-state index contributed by atoms with van der Waals surface area (Å²) in [6, 6.07) is 15.9. The Morgan fingerprint density at radius 1 is 1.20 bits per heavy atom. The molecule has 0 unspecified atom stereocenters. The number of anilines is 1. The fourth-order valence-electron chi connectivity index (χ4n) is 2.26. The van der Waals surface area contributed by atoms with Crippen molar-refractivity contribution in [1.29, 1.82) is 5.26 Å². The number of pyridine rings is 1. The van der Waals surface area contributed by atoms with Crippen LogP contribution in [0.3, 0.4) is 0 Å². The monoisotopic (exact) mass is 333 g/mol. The molecule has 1 amide bonds. The number of amides is 1. The molecule has 0 radical (unpaired) electrons. The Kier molecular flexibility index (Phi) is 4.44. The number of methoxy groups -OCH3 is 1. The van der Waals surface area contributed by atoms with Gasteiger partial charge in [-0.25, -0.2) is 9.67 Å². The summed E-state index contributed by atoms with van der Waals surface area (Å²) in [5, 5.41) is 13.2. The fourth-order valence-corrected chi connectivity index (χ4v) is 2.26. The van der Waals surface area contributed by atoms with Crippen LogP contribution in [0.25, 0.3) is 5.69 Å². The van der Waals surface area contributed by atoms with Crippen LogP contribution >= 0.6 is 0 Å². The van der Waals surface area contributed by atoms with Gasteiger partial charge in [0, 0.05) is 13.2 Å². The molecule has 2 heterocycles. The van der Waals surface area contributed by atoms with Gasteiger partial charge >= 0.3 is 0 Å². The number of carbonyl (C=O) groups excluding carboxylic acids is 1. The van der Waals surface area contributed by atoms with Gasteiger partial charge in [0.25, 0.3) is 5.91 Å². The van der Waals surface area contributed by atoms with Crippen molar-refractivity contribution >= 4 is 11.7 Å². The predicted octanol–water partition coefficient (Wildman–Crippen LogP) is 2.42. The highest BCUT2D eigenvalue weighted by Gasteiger charge is 2.18. The second kappa shape index (κ2) is 6.84. The quantitative estimate of drug-likeness (QED) is 0.732. The van der Waals surface area contributed by atoms with E-state index in [1.54, 1.807) is 49.3 Å². The molecule has 124 valence electrons. The Morgan fingerprint density at radius 3 is 2.64 bits per heavy atom. The van der Waals surface area contributed by atoms with Gasteiger partial charge in [-0.3, -0.25) is 9.69 Å². The average Bonchev–Trinajstić information content (AvgIpc) is 3.17. The number of ether oxygens (including phenoxy) is 1. The van der Waals surface area contributed by atoms with Crippen molar-refractivity contribution in [2.75, 3.05) is 19.1 Å². The molecule has 0 aliphatic carbocycles. The van der Waals surface area contributed by atoms with Gasteiger partial charge in [0.1, 0.15) is 23.3 Å². The largest absolute Gasteiger partial charge is 0.497 e. The Bertz CT molecular complexity index is 941. The first-order chi connectivity index (χ1) is 12.1. The number of nitriles is 1. The molecule has 7 nitrogen and oxygen atoms in total. The minimum Gasteiger partial charge on any atom is -0.497 e. The van der Waals surface area contributed by atoms with E-state index in [4.69, 9.17) is 10.00 Å². The summed E-state index contributed by atoms with van der Waals surface area (Å²) in [6.07, 6.45) is 1.71. The van der Waals surface area contributed by atoms with Crippen molar-refractivity contribution in [3.63, 3.8) is 0 Å². The molecule has 0 saturated carbocycles. The average molecular weight is 333 g/mol. The van der Waals surface area contributed by atoms with Gasteiger partial charge in [-0.1, -0.05) is 6.07 Å². The summed E-state index contributed by atoms with van der Waals surface area (Å²) in [5.74, 6) is 0.827. The van der Waals surface area contributed by atoms with Crippen molar-refractivity contribution in [3.8, 4) is 17.5 Å². The standard InChI is InChI=1S/C18H15N5O2/c1-22(17-5-3-4-13(12-19)20-17)18(24)16-10-11-23(21-16)14-6-8-15(25-2)9-7-14/h3-11H,1-2H3. The number of hydrogen-bond donors (Lipinski definition) is 0. The summed E-state index contributed by atoms with van der Waals surface area (Å²) in [5.41, 5.74) is 1.34. The predicted molar refractivity (Wildman–Crippen MR) is 91.8 cm³/mol. The lowest BCUT2D eigenvalue weighted by atomic mass is 10.3. The lowest BCUT2D eigenvalue weighted by Gasteiger charge is -2.14. The maximum absolute atomic E-state index is 12.6. The molecule has 0 fully saturated rings. The molecule has 0 saturated heterocycles. The van der Waals surface area contributed by atoms with Gasteiger partial charge in [0.05, 0.1) is 12.8 Å². The van der Waals surface area contributed by atoms with Gasteiger partial charge in [0.15, 0.2) is 5.69 Å². The van der Waals surface area contributed by atoms with Crippen LogP contribution in [0.5, 0.6) is 5.75 Å². The molecule has 3 aromatic rings. The third kappa shape index (κ3) is 3.33. The number of hydrogen-bond acceptors (Lipinski definition) is 5. The maximum atomic E-state index is 12.6. The van der Waals surface area contributed by atoms with E-state index in [1.165, 1.54) is 4.90 Å². The lowest BCUT2D eigenvalue weighted by molar-refractivity contribution is 0.0987. The minimum absolute atomic E-state index is 0.251. The molecule has 0 spiro atoms. The second-order valence-corrected chi connectivity index (χ2v) is 5.20. The molecular formula is C18H15N5O2. The molecule has 0 bridgehead atoms. The summed E-state index contributed by atoms with van der Waals surface area (Å²) < 4.78 is 6.74. The molecule has 0 N–H and O–H groups in total. The van der Waals surface area contributed by atoms with E-state index in [9.17, 15) is 4.79 Å². The first-order valence-electron chi connectivity index (χ1n) is 7.47. The van der Waals surface area contributed by atoms with Crippen LogP contribution in [-0.2, 0) is 0 Å². The highest BCUT2D eigenvalue weighted by molar-refractivity contribution is 6.03. The van der Waals surface area contributed by atoms with Crippen LogP contribution in [0.1, 0.15) is 16.2 Å². The van der Waals surface area contributed by atoms with Crippen LogP contribution in [0.4, 0.5) is 5.82 Å². The normalized spacial score (nSPS) is 10.1. The van der Waals surface area contributed by atoms with E-state index >= 15 is 0 Å². The van der Waals surface area contributed by atoms with E-state index in [0.717, 1.165) is 11.4 Å². The molecule has 0 atom stereocenters. The third-order valence-electron chi connectivity index (χ3n) is 3.64. The molecule has 1 aromatic carbocycles. The van der Waals surface area contributed by atoms with E-state index in [2.05, 4.69) is 10.1 Å². The highest BCUT2D eigenvalue weighted by Crippen LogP contribution is 2.16. The smallest absolute Gasteiger partial charge is 0.279 e. The van der Waals surface area contributed by atoms with Gasteiger partial charge < -0.3 is 4.74 Å². The van der Waals surface area contributed by atoms with Gasteiger partial charge in [-0.15, -0.1) is 0 Å². The van der Waals surface area contributed by atoms with Gasteiger partial charge in [-0.2, -0.15) is 10.4 Å². The van der Waals surface area contributed by atoms with Gasteiger partial charge in [0.2, 0.25) is 0 Å². The number of aromatic nitrogens is 3. The van der Waals surface area contributed by atoms with Crippen molar-refractivity contribution in [2.24, 2.45) is 0 Å². The van der Waals surface area contributed by atoms with E-state index in [1.807, 2.05) is 30.3 Å². The highest BCUT2D eigenvalue weighted by atomic mass is 16.5. The van der Waals surface area contributed by atoms with Crippen molar-refractivity contribution in [3.05, 3.63) is 66.1 Å². The van der Waals surface area contributed by atoms with Crippen LogP contribution in [0.2, 0.25) is 0 Å².